The highest BCUT2D eigenvalue weighted by Gasteiger charge is 2.28. The molecule has 2 rings (SSSR count). The molecule has 0 saturated carbocycles. The first-order valence-electron chi connectivity index (χ1n) is 5.86. The van der Waals surface area contributed by atoms with Crippen LogP contribution in [0.1, 0.15) is 12.8 Å². The molecule has 1 aliphatic heterocycles. The molecule has 0 unspecified atom stereocenters. The maximum atomic E-state index is 12.2. The SMILES string of the molecule is CSc1ccccc1NS(=O)(=O)C1CCOCC1. The lowest BCUT2D eigenvalue weighted by molar-refractivity contribution is 0.0984. The predicted molar refractivity (Wildman–Crippen MR) is 74.6 cm³/mol. The van der Waals surface area contributed by atoms with E-state index in [9.17, 15) is 8.42 Å². The Bertz CT molecular complexity index is 496. The summed E-state index contributed by atoms with van der Waals surface area (Å²) in [6.07, 6.45) is 3.06. The minimum atomic E-state index is -3.31. The third-order valence-corrected chi connectivity index (χ3v) is 5.62. The average Bonchev–Trinajstić information content (AvgIpc) is 2.40. The topological polar surface area (TPSA) is 55.4 Å². The van der Waals surface area contributed by atoms with Crippen LogP contribution in [-0.2, 0) is 14.8 Å². The number of para-hydroxylation sites is 1. The lowest BCUT2D eigenvalue weighted by atomic mass is 10.2. The Labute approximate surface area is 112 Å². The number of rotatable bonds is 4. The van der Waals surface area contributed by atoms with E-state index >= 15 is 0 Å². The molecular weight excluding hydrogens is 270 g/mol. The van der Waals surface area contributed by atoms with E-state index in [0.29, 0.717) is 31.7 Å². The molecule has 1 heterocycles. The zero-order valence-electron chi connectivity index (χ0n) is 10.3. The normalized spacial score (nSPS) is 17.6. The largest absolute Gasteiger partial charge is 0.381 e. The van der Waals surface area contributed by atoms with Gasteiger partial charge in [-0.2, -0.15) is 0 Å². The number of hydrogen-bond donors (Lipinski definition) is 1. The minimum absolute atomic E-state index is 0.346. The fraction of sp³-hybridized carbons (Fsp3) is 0.500. The summed E-state index contributed by atoms with van der Waals surface area (Å²) in [6, 6.07) is 7.44. The maximum Gasteiger partial charge on any atom is 0.235 e. The molecule has 100 valence electrons. The van der Waals surface area contributed by atoms with E-state index in [2.05, 4.69) is 4.72 Å². The van der Waals surface area contributed by atoms with Crippen molar-refractivity contribution in [1.82, 2.24) is 0 Å². The van der Waals surface area contributed by atoms with Gasteiger partial charge in [0.25, 0.3) is 0 Å². The molecule has 0 spiro atoms. The van der Waals surface area contributed by atoms with Gasteiger partial charge in [0.05, 0.1) is 10.9 Å². The number of benzene rings is 1. The van der Waals surface area contributed by atoms with Crippen molar-refractivity contribution >= 4 is 27.5 Å². The van der Waals surface area contributed by atoms with Crippen LogP contribution < -0.4 is 4.72 Å². The number of thioether (sulfide) groups is 1. The summed E-state index contributed by atoms with van der Waals surface area (Å²) in [7, 11) is -3.31. The lowest BCUT2D eigenvalue weighted by Gasteiger charge is -2.23. The van der Waals surface area contributed by atoms with E-state index in [4.69, 9.17) is 4.74 Å². The van der Waals surface area contributed by atoms with Crippen molar-refractivity contribution in [2.24, 2.45) is 0 Å². The van der Waals surface area contributed by atoms with Crippen molar-refractivity contribution < 1.29 is 13.2 Å². The van der Waals surface area contributed by atoms with Gasteiger partial charge in [0.15, 0.2) is 0 Å². The number of sulfonamides is 1. The van der Waals surface area contributed by atoms with Crippen molar-refractivity contribution in [2.75, 3.05) is 24.2 Å². The Morgan fingerprint density at radius 3 is 2.61 bits per heavy atom. The van der Waals surface area contributed by atoms with Gasteiger partial charge in [-0.3, -0.25) is 4.72 Å². The Morgan fingerprint density at radius 1 is 1.28 bits per heavy atom. The fourth-order valence-electron chi connectivity index (χ4n) is 1.95. The summed E-state index contributed by atoms with van der Waals surface area (Å²) in [5.41, 5.74) is 0.663. The molecular formula is C12H17NO3S2. The first-order valence-corrected chi connectivity index (χ1v) is 8.63. The highest BCUT2D eigenvalue weighted by molar-refractivity contribution is 7.99. The standard InChI is InChI=1S/C12H17NO3S2/c1-17-12-5-3-2-4-11(12)13-18(14,15)10-6-8-16-9-7-10/h2-5,10,13H,6-9H2,1H3. The van der Waals surface area contributed by atoms with Crippen LogP contribution in [0.3, 0.4) is 0 Å². The van der Waals surface area contributed by atoms with Gasteiger partial charge in [0.1, 0.15) is 0 Å². The Hall–Kier alpha value is -0.720. The second-order valence-corrected chi connectivity index (χ2v) is 6.97. The molecule has 0 atom stereocenters. The molecule has 1 aliphatic rings. The van der Waals surface area contributed by atoms with Crippen LogP contribution in [-0.4, -0.2) is 33.1 Å². The van der Waals surface area contributed by atoms with E-state index in [1.165, 1.54) is 11.8 Å². The van der Waals surface area contributed by atoms with E-state index in [0.717, 1.165) is 4.90 Å². The van der Waals surface area contributed by atoms with E-state index in [-0.39, 0.29) is 5.25 Å². The molecule has 0 aromatic heterocycles. The van der Waals surface area contributed by atoms with E-state index < -0.39 is 10.0 Å². The summed E-state index contributed by atoms with van der Waals surface area (Å²) >= 11 is 1.53. The molecule has 18 heavy (non-hydrogen) atoms. The second-order valence-electron chi connectivity index (χ2n) is 4.16. The summed E-state index contributed by atoms with van der Waals surface area (Å²) in [6.45, 7) is 1.05. The van der Waals surface area contributed by atoms with Gasteiger partial charge in [-0.05, 0) is 31.2 Å². The molecule has 0 amide bonds. The average molecular weight is 287 g/mol. The number of nitrogens with one attached hydrogen (secondary N) is 1. The van der Waals surface area contributed by atoms with Gasteiger partial charge >= 0.3 is 0 Å². The fourth-order valence-corrected chi connectivity index (χ4v) is 4.03. The maximum absolute atomic E-state index is 12.2. The second kappa shape index (κ2) is 5.95. The zero-order chi connectivity index (χ0) is 13.0. The van der Waals surface area contributed by atoms with Gasteiger partial charge in [-0.1, -0.05) is 12.1 Å². The number of anilines is 1. The molecule has 0 bridgehead atoms. The Balaban J connectivity index is 2.16. The summed E-state index contributed by atoms with van der Waals surface area (Å²) in [5, 5.41) is -0.346. The number of ether oxygens (including phenoxy) is 1. The molecule has 1 aromatic rings. The zero-order valence-corrected chi connectivity index (χ0v) is 11.9. The molecule has 1 aromatic carbocycles. The highest BCUT2D eigenvalue weighted by Crippen LogP contribution is 2.27. The van der Waals surface area contributed by atoms with Crippen molar-refractivity contribution in [2.45, 2.75) is 23.0 Å². The molecule has 0 aliphatic carbocycles. The van der Waals surface area contributed by atoms with E-state index in [1.807, 2.05) is 24.5 Å². The quantitative estimate of drug-likeness (QED) is 0.864. The van der Waals surface area contributed by atoms with Gasteiger partial charge in [-0.25, -0.2) is 8.42 Å². The van der Waals surface area contributed by atoms with Gasteiger partial charge in [0, 0.05) is 18.1 Å². The Morgan fingerprint density at radius 2 is 1.94 bits per heavy atom. The molecule has 1 saturated heterocycles. The molecule has 4 nitrogen and oxygen atoms in total. The van der Waals surface area contributed by atoms with Crippen LogP contribution in [0.5, 0.6) is 0 Å². The van der Waals surface area contributed by atoms with Crippen molar-refractivity contribution in [3.63, 3.8) is 0 Å². The van der Waals surface area contributed by atoms with Crippen LogP contribution in [0.2, 0.25) is 0 Å². The Kier molecular flexibility index (Phi) is 4.53. The molecule has 6 heteroatoms. The molecule has 1 N–H and O–H groups in total. The predicted octanol–water partition coefficient (Wildman–Crippen LogP) is 2.33. The summed E-state index contributed by atoms with van der Waals surface area (Å²) < 4.78 is 32.4. The van der Waals surface area contributed by atoms with Crippen LogP contribution >= 0.6 is 11.8 Å². The van der Waals surface area contributed by atoms with Gasteiger partial charge in [0.2, 0.25) is 10.0 Å². The van der Waals surface area contributed by atoms with Crippen LogP contribution in [0.15, 0.2) is 29.2 Å². The number of hydrogen-bond acceptors (Lipinski definition) is 4. The highest BCUT2D eigenvalue weighted by atomic mass is 32.2. The molecule has 0 radical (unpaired) electrons. The third kappa shape index (κ3) is 3.18. The smallest absolute Gasteiger partial charge is 0.235 e. The van der Waals surface area contributed by atoms with Gasteiger partial charge < -0.3 is 4.74 Å². The van der Waals surface area contributed by atoms with Crippen molar-refractivity contribution in [3.8, 4) is 0 Å². The van der Waals surface area contributed by atoms with E-state index in [1.54, 1.807) is 6.07 Å². The monoisotopic (exact) mass is 287 g/mol. The lowest BCUT2D eigenvalue weighted by Crippen LogP contribution is -2.33. The minimum Gasteiger partial charge on any atom is -0.381 e. The van der Waals surface area contributed by atoms with Crippen LogP contribution in [0.25, 0.3) is 0 Å². The van der Waals surface area contributed by atoms with Gasteiger partial charge in [-0.15, -0.1) is 11.8 Å². The third-order valence-electron chi connectivity index (χ3n) is 2.97. The molecule has 1 fully saturated rings. The van der Waals surface area contributed by atoms with Crippen molar-refractivity contribution in [1.29, 1.82) is 0 Å². The first-order chi connectivity index (χ1) is 8.63. The van der Waals surface area contributed by atoms with Crippen molar-refractivity contribution in [3.05, 3.63) is 24.3 Å². The van der Waals surface area contributed by atoms with Crippen LogP contribution in [0, 0.1) is 0 Å². The summed E-state index contributed by atoms with van der Waals surface area (Å²) in [5.74, 6) is 0. The summed E-state index contributed by atoms with van der Waals surface area (Å²) in [4.78, 5) is 0.938. The van der Waals surface area contributed by atoms with Crippen LogP contribution in [0.4, 0.5) is 5.69 Å². The first kappa shape index (κ1) is 13.7.